The second-order valence-corrected chi connectivity index (χ2v) is 9.13. The standard InChI is InChI=1S/C21H32N4OS/c26-11-8-19-15-24(9-10-25(19)16-20-7-4-12-27-20)14-18-13-22-23-21(18)17-5-2-1-3-6-17/h4,7,12-13,17,19,26H,1-3,5-6,8-11,14-16H2,(H,22,23)/t19-/m1/s1. The Morgan fingerprint density at radius 3 is 2.85 bits per heavy atom. The van der Waals surface area contributed by atoms with Crippen LogP contribution in [0.15, 0.2) is 23.7 Å². The van der Waals surface area contributed by atoms with Gasteiger partial charge in [-0.2, -0.15) is 5.10 Å². The first-order chi connectivity index (χ1) is 13.3. The Morgan fingerprint density at radius 1 is 1.19 bits per heavy atom. The fraction of sp³-hybridized carbons (Fsp3) is 0.667. The third-order valence-corrected chi connectivity index (χ3v) is 7.11. The molecule has 0 radical (unpaired) electrons. The van der Waals surface area contributed by atoms with Gasteiger partial charge in [-0.05, 0) is 30.7 Å². The Labute approximate surface area is 166 Å². The molecule has 0 amide bonds. The molecule has 1 atom stereocenters. The predicted molar refractivity (Wildman–Crippen MR) is 110 cm³/mol. The number of aliphatic hydroxyl groups excluding tert-OH is 1. The van der Waals surface area contributed by atoms with Gasteiger partial charge in [-0.1, -0.05) is 25.3 Å². The molecule has 0 spiro atoms. The molecule has 148 valence electrons. The number of aromatic amines is 1. The first-order valence-corrected chi connectivity index (χ1v) is 11.3. The molecule has 0 bridgehead atoms. The molecule has 27 heavy (non-hydrogen) atoms. The molecular formula is C21H32N4OS. The quantitative estimate of drug-likeness (QED) is 0.761. The van der Waals surface area contributed by atoms with Crippen LogP contribution in [0.3, 0.4) is 0 Å². The van der Waals surface area contributed by atoms with Crippen molar-refractivity contribution in [1.29, 1.82) is 0 Å². The van der Waals surface area contributed by atoms with E-state index in [-0.39, 0.29) is 6.61 Å². The van der Waals surface area contributed by atoms with E-state index < -0.39 is 0 Å². The molecule has 1 saturated heterocycles. The summed E-state index contributed by atoms with van der Waals surface area (Å²) >= 11 is 1.83. The molecule has 2 fully saturated rings. The molecule has 2 N–H and O–H groups in total. The maximum absolute atomic E-state index is 9.56. The largest absolute Gasteiger partial charge is 0.396 e. The van der Waals surface area contributed by atoms with Crippen molar-refractivity contribution in [3.8, 4) is 0 Å². The molecule has 3 heterocycles. The van der Waals surface area contributed by atoms with Crippen molar-refractivity contribution in [1.82, 2.24) is 20.0 Å². The molecule has 0 unspecified atom stereocenters. The van der Waals surface area contributed by atoms with Crippen LogP contribution < -0.4 is 0 Å². The van der Waals surface area contributed by atoms with Gasteiger partial charge in [0.1, 0.15) is 0 Å². The lowest BCUT2D eigenvalue weighted by molar-refractivity contribution is 0.0504. The summed E-state index contributed by atoms with van der Waals surface area (Å²) in [6.45, 7) is 5.44. The molecule has 1 aliphatic carbocycles. The number of thiophene rings is 1. The molecule has 5 nitrogen and oxygen atoms in total. The summed E-state index contributed by atoms with van der Waals surface area (Å²) in [6, 6.07) is 4.77. The van der Waals surface area contributed by atoms with Crippen LogP contribution in [0.4, 0.5) is 0 Å². The Morgan fingerprint density at radius 2 is 2.07 bits per heavy atom. The monoisotopic (exact) mass is 388 g/mol. The summed E-state index contributed by atoms with van der Waals surface area (Å²) < 4.78 is 0. The van der Waals surface area contributed by atoms with Gasteiger partial charge in [0.2, 0.25) is 0 Å². The number of aromatic nitrogens is 2. The zero-order valence-electron chi connectivity index (χ0n) is 16.1. The van der Waals surface area contributed by atoms with Crippen molar-refractivity contribution in [3.63, 3.8) is 0 Å². The van der Waals surface area contributed by atoms with Crippen LogP contribution in [0, 0.1) is 0 Å². The van der Waals surface area contributed by atoms with Crippen molar-refractivity contribution in [2.45, 2.75) is 63.6 Å². The van der Waals surface area contributed by atoms with E-state index >= 15 is 0 Å². The fourth-order valence-electron chi connectivity index (χ4n) is 4.77. The topological polar surface area (TPSA) is 55.4 Å². The Balaban J connectivity index is 1.38. The van der Waals surface area contributed by atoms with Gasteiger partial charge in [0, 0.05) is 67.4 Å². The number of H-pyrrole nitrogens is 1. The average molecular weight is 389 g/mol. The summed E-state index contributed by atoms with van der Waals surface area (Å²) in [5.74, 6) is 0.671. The molecular weight excluding hydrogens is 356 g/mol. The van der Waals surface area contributed by atoms with E-state index in [4.69, 9.17) is 0 Å². The van der Waals surface area contributed by atoms with E-state index in [2.05, 4.69) is 37.5 Å². The first kappa shape index (κ1) is 19.1. The van der Waals surface area contributed by atoms with Crippen LogP contribution in [0.25, 0.3) is 0 Å². The minimum Gasteiger partial charge on any atom is -0.396 e. The lowest BCUT2D eigenvalue weighted by Crippen LogP contribution is -2.52. The summed E-state index contributed by atoms with van der Waals surface area (Å²) in [4.78, 5) is 6.53. The number of piperazine rings is 1. The van der Waals surface area contributed by atoms with Gasteiger partial charge in [0.15, 0.2) is 0 Å². The number of aliphatic hydroxyl groups is 1. The van der Waals surface area contributed by atoms with Crippen LogP contribution >= 0.6 is 11.3 Å². The lowest BCUT2D eigenvalue weighted by atomic mass is 9.85. The predicted octanol–water partition coefficient (Wildman–Crippen LogP) is 3.59. The molecule has 2 aromatic rings. The second kappa shape index (κ2) is 9.32. The van der Waals surface area contributed by atoms with Gasteiger partial charge in [0.05, 0.1) is 6.20 Å². The van der Waals surface area contributed by atoms with E-state index in [1.54, 1.807) is 0 Å². The Kier molecular flexibility index (Phi) is 6.60. The van der Waals surface area contributed by atoms with Crippen LogP contribution in [0.2, 0.25) is 0 Å². The lowest BCUT2D eigenvalue weighted by Gasteiger charge is -2.41. The third kappa shape index (κ3) is 4.80. The zero-order chi connectivity index (χ0) is 18.5. The number of hydrogen-bond acceptors (Lipinski definition) is 5. The second-order valence-electron chi connectivity index (χ2n) is 8.09. The summed E-state index contributed by atoms with van der Waals surface area (Å²) in [6.07, 6.45) is 9.58. The first-order valence-electron chi connectivity index (χ1n) is 10.4. The molecule has 2 aliphatic rings. The molecule has 4 rings (SSSR count). The minimum atomic E-state index is 0.262. The van der Waals surface area contributed by atoms with E-state index in [9.17, 15) is 5.11 Å². The van der Waals surface area contributed by atoms with Crippen LogP contribution in [0.1, 0.15) is 60.6 Å². The van der Waals surface area contributed by atoms with Crippen LogP contribution in [0.5, 0.6) is 0 Å². The van der Waals surface area contributed by atoms with Gasteiger partial charge in [-0.15, -0.1) is 11.3 Å². The highest BCUT2D eigenvalue weighted by atomic mass is 32.1. The van der Waals surface area contributed by atoms with Crippen LogP contribution in [-0.4, -0.2) is 57.4 Å². The summed E-state index contributed by atoms with van der Waals surface area (Å²) in [5, 5.41) is 19.4. The molecule has 0 aromatic carbocycles. The SMILES string of the molecule is OCC[C@@H]1CN(Cc2cn[nH]c2C2CCCCC2)CCN1Cc1cccs1. The van der Waals surface area contributed by atoms with Crippen molar-refractivity contribution in [3.05, 3.63) is 39.8 Å². The third-order valence-electron chi connectivity index (χ3n) is 6.25. The maximum atomic E-state index is 9.56. The normalized spacial score (nSPS) is 23.1. The van der Waals surface area contributed by atoms with E-state index in [1.807, 2.05) is 17.5 Å². The number of nitrogens with zero attached hydrogens (tertiary/aromatic N) is 3. The average Bonchev–Trinajstić information content (AvgIpc) is 3.37. The van der Waals surface area contributed by atoms with Gasteiger partial charge in [-0.3, -0.25) is 14.9 Å². The number of hydrogen-bond donors (Lipinski definition) is 2. The molecule has 1 aliphatic heterocycles. The van der Waals surface area contributed by atoms with Crippen LogP contribution in [-0.2, 0) is 13.1 Å². The highest BCUT2D eigenvalue weighted by molar-refractivity contribution is 7.09. The van der Waals surface area contributed by atoms with E-state index in [1.165, 1.54) is 48.2 Å². The highest BCUT2D eigenvalue weighted by Crippen LogP contribution is 2.33. The van der Waals surface area contributed by atoms with Gasteiger partial charge < -0.3 is 5.11 Å². The van der Waals surface area contributed by atoms with Crippen molar-refractivity contribution < 1.29 is 5.11 Å². The minimum absolute atomic E-state index is 0.262. The number of nitrogens with one attached hydrogen (secondary N) is 1. The van der Waals surface area contributed by atoms with Crippen molar-refractivity contribution in [2.24, 2.45) is 0 Å². The fourth-order valence-corrected chi connectivity index (χ4v) is 5.50. The molecule has 1 saturated carbocycles. The van der Waals surface area contributed by atoms with Crippen molar-refractivity contribution in [2.75, 3.05) is 26.2 Å². The maximum Gasteiger partial charge on any atom is 0.0535 e. The Bertz CT molecular complexity index is 680. The van der Waals surface area contributed by atoms with Gasteiger partial charge in [0.25, 0.3) is 0 Å². The highest BCUT2D eigenvalue weighted by Gasteiger charge is 2.28. The van der Waals surface area contributed by atoms with E-state index in [0.29, 0.717) is 12.0 Å². The van der Waals surface area contributed by atoms with Gasteiger partial charge >= 0.3 is 0 Å². The molecule has 6 heteroatoms. The number of rotatable bonds is 7. The summed E-state index contributed by atoms with van der Waals surface area (Å²) in [7, 11) is 0. The van der Waals surface area contributed by atoms with Crippen molar-refractivity contribution >= 4 is 11.3 Å². The Hall–Kier alpha value is -1.21. The molecule has 2 aromatic heterocycles. The summed E-state index contributed by atoms with van der Waals surface area (Å²) in [5.41, 5.74) is 2.77. The smallest absolute Gasteiger partial charge is 0.0535 e. The van der Waals surface area contributed by atoms with Gasteiger partial charge in [-0.25, -0.2) is 0 Å². The van der Waals surface area contributed by atoms with E-state index in [0.717, 1.165) is 39.1 Å². The zero-order valence-corrected chi connectivity index (χ0v) is 17.0.